The van der Waals surface area contributed by atoms with Crippen molar-refractivity contribution >= 4 is 22.8 Å². The van der Waals surface area contributed by atoms with Crippen LogP contribution in [-0.2, 0) is 17.8 Å². The summed E-state index contributed by atoms with van der Waals surface area (Å²) in [7, 11) is 0. The number of hydrogen-bond acceptors (Lipinski definition) is 6. The maximum Gasteiger partial charge on any atom is 0.284 e. The summed E-state index contributed by atoms with van der Waals surface area (Å²) in [6.07, 6.45) is 2.26. The average molecular weight is 418 g/mol. The van der Waals surface area contributed by atoms with Crippen molar-refractivity contribution < 1.29 is 9.53 Å². The molecular weight excluding hydrogens is 396 g/mol. The molecule has 1 N–H and O–H groups in total. The second kappa shape index (κ2) is 8.78. The topological polar surface area (TPSA) is 104 Å². The molecule has 0 aliphatic carbocycles. The van der Waals surface area contributed by atoms with Crippen molar-refractivity contribution in [1.82, 2.24) is 24.5 Å². The quantitative estimate of drug-likeness (QED) is 0.495. The number of benzene rings is 2. The lowest BCUT2D eigenvalue weighted by Gasteiger charge is -2.08. The largest absolute Gasteiger partial charge is 0.494 e. The van der Waals surface area contributed by atoms with Gasteiger partial charge in [0.1, 0.15) is 18.6 Å². The number of anilines is 1. The Morgan fingerprint density at radius 2 is 1.81 bits per heavy atom. The highest BCUT2D eigenvalue weighted by Crippen LogP contribution is 2.17. The zero-order chi connectivity index (χ0) is 21.8. The number of fused-ring (bicyclic) bond motifs is 1. The van der Waals surface area contributed by atoms with Crippen molar-refractivity contribution in [3.63, 3.8) is 0 Å². The average Bonchev–Trinajstić information content (AvgIpc) is 3.22. The molecule has 0 aliphatic heterocycles. The summed E-state index contributed by atoms with van der Waals surface area (Å²) in [5.41, 5.74) is 2.53. The van der Waals surface area contributed by atoms with Crippen LogP contribution in [-0.4, -0.2) is 37.1 Å². The molecule has 4 aromatic rings. The summed E-state index contributed by atoms with van der Waals surface area (Å²) >= 11 is 0. The first kappa shape index (κ1) is 20.3. The van der Waals surface area contributed by atoms with E-state index in [2.05, 4.69) is 27.5 Å². The van der Waals surface area contributed by atoms with Gasteiger partial charge in [0, 0.05) is 5.69 Å². The molecule has 9 heteroatoms. The highest BCUT2D eigenvalue weighted by atomic mass is 16.5. The monoisotopic (exact) mass is 418 g/mol. The van der Waals surface area contributed by atoms with Gasteiger partial charge in [0.15, 0.2) is 11.2 Å². The third kappa shape index (κ3) is 4.30. The lowest BCUT2D eigenvalue weighted by Crippen LogP contribution is -2.28. The van der Waals surface area contributed by atoms with Gasteiger partial charge in [0.05, 0.1) is 12.3 Å². The Morgan fingerprint density at radius 3 is 2.48 bits per heavy atom. The van der Waals surface area contributed by atoms with E-state index in [0.717, 1.165) is 12.2 Å². The predicted molar refractivity (Wildman–Crippen MR) is 117 cm³/mol. The van der Waals surface area contributed by atoms with E-state index in [1.165, 1.54) is 21.1 Å². The number of aromatic nitrogens is 5. The van der Waals surface area contributed by atoms with Crippen LogP contribution in [0.4, 0.5) is 5.69 Å². The Balaban J connectivity index is 1.54. The summed E-state index contributed by atoms with van der Waals surface area (Å²) in [5, 5.41) is 10.8. The van der Waals surface area contributed by atoms with Crippen molar-refractivity contribution in [2.75, 3.05) is 11.9 Å². The first-order valence-corrected chi connectivity index (χ1v) is 10.0. The fraction of sp³-hybridized carbons (Fsp3) is 0.227. The minimum atomic E-state index is -0.432. The molecule has 158 valence electrons. The van der Waals surface area contributed by atoms with Gasteiger partial charge in [-0.05, 0) is 55.3 Å². The molecule has 2 aromatic heterocycles. The minimum absolute atomic E-state index is 0.0940. The molecule has 9 nitrogen and oxygen atoms in total. The zero-order valence-electron chi connectivity index (χ0n) is 17.3. The molecule has 0 radical (unpaired) electrons. The Morgan fingerprint density at radius 1 is 1.06 bits per heavy atom. The van der Waals surface area contributed by atoms with Crippen LogP contribution >= 0.6 is 0 Å². The first-order chi connectivity index (χ1) is 15.1. The van der Waals surface area contributed by atoms with Crippen LogP contribution in [0.3, 0.4) is 0 Å². The van der Waals surface area contributed by atoms with E-state index in [4.69, 9.17) is 4.74 Å². The van der Waals surface area contributed by atoms with E-state index in [0.29, 0.717) is 23.6 Å². The highest BCUT2D eigenvalue weighted by Gasteiger charge is 2.15. The van der Waals surface area contributed by atoms with Gasteiger partial charge in [-0.15, -0.1) is 5.10 Å². The molecule has 0 fully saturated rings. The number of nitrogens with zero attached hydrogens (tertiary/aromatic N) is 5. The van der Waals surface area contributed by atoms with Crippen LogP contribution in [0.15, 0.2) is 59.7 Å². The van der Waals surface area contributed by atoms with Gasteiger partial charge < -0.3 is 10.1 Å². The van der Waals surface area contributed by atoms with Gasteiger partial charge in [0.2, 0.25) is 5.91 Å². The number of nitrogens with one attached hydrogen (secondary N) is 1. The van der Waals surface area contributed by atoms with E-state index in [9.17, 15) is 9.59 Å². The molecule has 0 spiro atoms. The molecule has 4 rings (SSSR count). The Bertz CT molecular complexity index is 1260. The van der Waals surface area contributed by atoms with E-state index in [1.54, 1.807) is 0 Å². The summed E-state index contributed by atoms with van der Waals surface area (Å²) in [5.74, 6) is 0.410. The molecule has 0 bridgehead atoms. The van der Waals surface area contributed by atoms with E-state index in [-0.39, 0.29) is 18.0 Å². The fourth-order valence-corrected chi connectivity index (χ4v) is 3.16. The molecule has 31 heavy (non-hydrogen) atoms. The maximum atomic E-state index is 12.8. The summed E-state index contributed by atoms with van der Waals surface area (Å²) in [4.78, 5) is 29.5. The molecule has 0 saturated carbocycles. The first-order valence-electron chi connectivity index (χ1n) is 10.0. The highest BCUT2D eigenvalue weighted by molar-refractivity contribution is 5.90. The second-order valence-corrected chi connectivity index (χ2v) is 6.88. The molecule has 0 aliphatic rings. The normalized spacial score (nSPS) is 10.9. The van der Waals surface area contributed by atoms with Crippen LogP contribution in [0.2, 0.25) is 0 Å². The van der Waals surface area contributed by atoms with Crippen molar-refractivity contribution in [3.8, 4) is 11.4 Å². The third-order valence-electron chi connectivity index (χ3n) is 4.78. The van der Waals surface area contributed by atoms with Crippen molar-refractivity contribution in [3.05, 3.63) is 70.8 Å². The van der Waals surface area contributed by atoms with Crippen molar-refractivity contribution in [2.24, 2.45) is 0 Å². The van der Waals surface area contributed by atoms with E-state index in [1.807, 2.05) is 55.5 Å². The predicted octanol–water partition coefficient (Wildman–Crippen LogP) is 2.58. The van der Waals surface area contributed by atoms with Crippen LogP contribution in [0.1, 0.15) is 19.4 Å². The second-order valence-electron chi connectivity index (χ2n) is 6.88. The SMILES string of the molecule is CCOc1ccc(-n2nnc3c(=O)n(CC(=O)Nc4ccc(CC)cc4)cnc32)cc1. The molecular formula is C22H22N6O3. The van der Waals surface area contributed by atoms with Gasteiger partial charge in [0.25, 0.3) is 5.56 Å². The van der Waals surface area contributed by atoms with Crippen LogP contribution in [0.25, 0.3) is 16.9 Å². The third-order valence-corrected chi connectivity index (χ3v) is 4.78. The van der Waals surface area contributed by atoms with Crippen LogP contribution in [0, 0.1) is 0 Å². The van der Waals surface area contributed by atoms with Gasteiger partial charge in [-0.1, -0.05) is 24.3 Å². The molecule has 1 amide bonds. The van der Waals surface area contributed by atoms with E-state index < -0.39 is 5.56 Å². The van der Waals surface area contributed by atoms with Crippen LogP contribution < -0.4 is 15.6 Å². The zero-order valence-corrected chi connectivity index (χ0v) is 17.3. The molecule has 2 heterocycles. The van der Waals surface area contributed by atoms with Crippen LogP contribution in [0.5, 0.6) is 5.75 Å². The summed E-state index contributed by atoms with van der Waals surface area (Å²) in [6, 6.07) is 14.8. The van der Waals surface area contributed by atoms with Gasteiger partial charge in [-0.3, -0.25) is 14.2 Å². The molecule has 0 unspecified atom stereocenters. The fourth-order valence-electron chi connectivity index (χ4n) is 3.16. The number of amides is 1. The number of carbonyl (C=O) groups excluding carboxylic acids is 1. The van der Waals surface area contributed by atoms with Gasteiger partial charge in [-0.2, -0.15) is 4.68 Å². The summed E-state index contributed by atoms with van der Waals surface area (Å²) in [6.45, 7) is 4.38. The van der Waals surface area contributed by atoms with Gasteiger partial charge in [-0.25, -0.2) is 4.98 Å². The summed E-state index contributed by atoms with van der Waals surface area (Å²) < 4.78 is 8.14. The lowest BCUT2D eigenvalue weighted by molar-refractivity contribution is -0.116. The molecule has 0 atom stereocenters. The Kier molecular flexibility index (Phi) is 5.74. The maximum absolute atomic E-state index is 12.8. The van der Waals surface area contributed by atoms with Gasteiger partial charge >= 0.3 is 0 Å². The minimum Gasteiger partial charge on any atom is -0.494 e. The number of aryl methyl sites for hydroxylation is 1. The Hall–Kier alpha value is -4.01. The molecule has 0 saturated heterocycles. The Labute approximate surface area is 178 Å². The van der Waals surface area contributed by atoms with E-state index >= 15 is 0 Å². The lowest BCUT2D eigenvalue weighted by atomic mass is 10.1. The smallest absolute Gasteiger partial charge is 0.284 e. The number of rotatable bonds is 7. The van der Waals surface area contributed by atoms with Crippen molar-refractivity contribution in [2.45, 2.75) is 26.8 Å². The standard InChI is InChI=1S/C22H22N6O3/c1-3-15-5-7-16(8-6-15)24-19(29)13-27-14-23-21-20(22(27)30)25-26-28(21)17-9-11-18(12-10-17)31-4-2/h5-12,14H,3-4,13H2,1-2H3,(H,24,29). The number of hydrogen-bond donors (Lipinski definition) is 1. The number of carbonyl (C=O) groups is 1. The molecule has 2 aromatic carbocycles. The number of ether oxygens (including phenoxy) is 1. The van der Waals surface area contributed by atoms with Crippen molar-refractivity contribution in [1.29, 1.82) is 0 Å².